The molecule has 1 aromatic carbocycles. The van der Waals surface area contributed by atoms with Crippen LogP contribution in [0.3, 0.4) is 0 Å². The van der Waals surface area contributed by atoms with E-state index in [-0.39, 0.29) is 11.5 Å². The Morgan fingerprint density at radius 3 is 2.60 bits per heavy atom. The lowest BCUT2D eigenvalue weighted by molar-refractivity contribution is 0.101. The number of rotatable bonds is 4. The molecule has 0 saturated carbocycles. The van der Waals surface area contributed by atoms with E-state index < -0.39 is 17.5 Å². The number of nitrogens with one attached hydrogen (secondary N) is 2. The first-order valence-electron chi connectivity index (χ1n) is 7.28. The second-order valence-electron chi connectivity index (χ2n) is 5.37. The highest BCUT2D eigenvalue weighted by Crippen LogP contribution is 2.31. The molecule has 2 heterocycles. The van der Waals surface area contributed by atoms with Crippen LogP contribution in [0.5, 0.6) is 0 Å². The van der Waals surface area contributed by atoms with Crippen LogP contribution < -0.4 is 5.32 Å². The van der Waals surface area contributed by atoms with Crippen LogP contribution in [0.1, 0.15) is 32.6 Å². The smallest absolute Gasteiger partial charge is 0.273 e. The molecule has 0 aliphatic carbocycles. The standard InChI is InChI=1S/C17H13F2N3O2S/c1-8(23)11-6-14(20-7-11)16(24)22-17-21-15(9(2)25-17)10-3-4-12(18)13(19)5-10/h3-7,20H,1-2H3,(H,21,22,24). The molecule has 128 valence electrons. The van der Waals surface area contributed by atoms with Crippen molar-refractivity contribution in [3.8, 4) is 11.3 Å². The summed E-state index contributed by atoms with van der Waals surface area (Å²) in [5.41, 5.74) is 1.53. The molecule has 3 rings (SSSR count). The first-order valence-corrected chi connectivity index (χ1v) is 8.10. The number of carbonyl (C=O) groups excluding carboxylic acids is 2. The third-order valence-corrected chi connectivity index (χ3v) is 4.43. The molecule has 0 bridgehead atoms. The number of aryl methyl sites for hydroxylation is 1. The molecule has 0 aliphatic rings. The Kier molecular flexibility index (Phi) is 4.45. The molecule has 2 aromatic heterocycles. The van der Waals surface area contributed by atoms with Crippen LogP contribution in [-0.2, 0) is 0 Å². The number of ketones is 1. The van der Waals surface area contributed by atoms with Crippen LogP contribution in [-0.4, -0.2) is 21.7 Å². The van der Waals surface area contributed by atoms with Gasteiger partial charge in [-0.05, 0) is 38.1 Å². The number of nitrogens with zero attached hydrogens (tertiary/aromatic N) is 1. The Balaban J connectivity index is 1.83. The van der Waals surface area contributed by atoms with E-state index in [0.29, 0.717) is 22.0 Å². The second-order valence-corrected chi connectivity index (χ2v) is 6.57. The summed E-state index contributed by atoms with van der Waals surface area (Å²) in [6, 6.07) is 4.97. The summed E-state index contributed by atoms with van der Waals surface area (Å²) in [5.74, 6) is -2.49. The number of anilines is 1. The first-order chi connectivity index (χ1) is 11.8. The van der Waals surface area contributed by atoms with Gasteiger partial charge in [0, 0.05) is 22.2 Å². The van der Waals surface area contributed by atoms with Gasteiger partial charge in [-0.2, -0.15) is 0 Å². The number of aromatic nitrogens is 2. The summed E-state index contributed by atoms with van der Waals surface area (Å²) in [4.78, 5) is 31.2. The fourth-order valence-electron chi connectivity index (χ4n) is 2.25. The molecular formula is C17H13F2N3O2S. The lowest BCUT2D eigenvalue weighted by atomic mass is 10.1. The van der Waals surface area contributed by atoms with Crippen LogP contribution in [0.25, 0.3) is 11.3 Å². The van der Waals surface area contributed by atoms with Crippen molar-refractivity contribution in [1.29, 1.82) is 0 Å². The zero-order chi connectivity index (χ0) is 18.1. The van der Waals surface area contributed by atoms with Gasteiger partial charge >= 0.3 is 0 Å². The van der Waals surface area contributed by atoms with Gasteiger partial charge in [-0.3, -0.25) is 14.9 Å². The van der Waals surface area contributed by atoms with Crippen molar-refractivity contribution in [3.05, 3.63) is 58.2 Å². The summed E-state index contributed by atoms with van der Waals surface area (Å²) in [6.45, 7) is 3.18. The topological polar surface area (TPSA) is 74.8 Å². The third kappa shape index (κ3) is 3.48. The zero-order valence-electron chi connectivity index (χ0n) is 13.3. The van der Waals surface area contributed by atoms with Crippen LogP contribution >= 0.6 is 11.3 Å². The van der Waals surface area contributed by atoms with Crippen molar-refractivity contribution in [1.82, 2.24) is 9.97 Å². The molecule has 0 radical (unpaired) electrons. The highest BCUT2D eigenvalue weighted by Gasteiger charge is 2.16. The number of aromatic amines is 1. The van der Waals surface area contributed by atoms with E-state index in [9.17, 15) is 18.4 Å². The number of benzene rings is 1. The van der Waals surface area contributed by atoms with Crippen LogP contribution in [0, 0.1) is 18.6 Å². The van der Waals surface area contributed by atoms with Crippen molar-refractivity contribution >= 4 is 28.2 Å². The van der Waals surface area contributed by atoms with Crippen molar-refractivity contribution in [2.45, 2.75) is 13.8 Å². The number of hydrogen-bond donors (Lipinski definition) is 2. The minimum Gasteiger partial charge on any atom is -0.356 e. The molecule has 0 unspecified atom stereocenters. The van der Waals surface area contributed by atoms with E-state index in [1.54, 1.807) is 6.92 Å². The molecule has 25 heavy (non-hydrogen) atoms. The van der Waals surface area contributed by atoms with E-state index in [2.05, 4.69) is 15.3 Å². The highest BCUT2D eigenvalue weighted by molar-refractivity contribution is 7.16. The fourth-order valence-corrected chi connectivity index (χ4v) is 3.09. The summed E-state index contributed by atoms with van der Waals surface area (Å²) in [7, 11) is 0. The summed E-state index contributed by atoms with van der Waals surface area (Å²) in [6.07, 6.45) is 1.46. The van der Waals surface area contributed by atoms with E-state index >= 15 is 0 Å². The SMILES string of the molecule is CC(=O)c1c[nH]c(C(=O)Nc2nc(-c3ccc(F)c(F)c3)c(C)s2)c1. The molecule has 2 N–H and O–H groups in total. The quantitative estimate of drug-likeness (QED) is 0.685. The van der Waals surface area contributed by atoms with Gasteiger partial charge in [0.1, 0.15) is 5.69 Å². The van der Waals surface area contributed by atoms with Gasteiger partial charge in [0.2, 0.25) is 0 Å². The van der Waals surface area contributed by atoms with Crippen molar-refractivity contribution < 1.29 is 18.4 Å². The maximum atomic E-state index is 13.4. The molecule has 1 amide bonds. The van der Waals surface area contributed by atoms with Gasteiger partial charge in [0.15, 0.2) is 22.5 Å². The van der Waals surface area contributed by atoms with Gasteiger partial charge in [-0.1, -0.05) is 0 Å². The maximum absolute atomic E-state index is 13.4. The minimum atomic E-state index is -0.960. The van der Waals surface area contributed by atoms with Crippen LogP contribution in [0.15, 0.2) is 30.5 Å². The third-order valence-electron chi connectivity index (χ3n) is 3.54. The Morgan fingerprint density at radius 1 is 1.20 bits per heavy atom. The maximum Gasteiger partial charge on any atom is 0.273 e. The lowest BCUT2D eigenvalue weighted by Gasteiger charge is -2.00. The van der Waals surface area contributed by atoms with Gasteiger partial charge in [0.25, 0.3) is 5.91 Å². The van der Waals surface area contributed by atoms with Crippen LogP contribution in [0.2, 0.25) is 0 Å². The number of hydrogen-bond acceptors (Lipinski definition) is 4. The first kappa shape index (κ1) is 17.0. The normalized spacial score (nSPS) is 10.7. The van der Waals surface area contributed by atoms with Crippen LogP contribution in [0.4, 0.5) is 13.9 Å². The van der Waals surface area contributed by atoms with E-state index in [4.69, 9.17) is 0 Å². The summed E-state index contributed by atoms with van der Waals surface area (Å²) < 4.78 is 26.5. The van der Waals surface area contributed by atoms with Crippen molar-refractivity contribution in [2.24, 2.45) is 0 Å². The number of thiazole rings is 1. The monoisotopic (exact) mass is 361 g/mol. The largest absolute Gasteiger partial charge is 0.356 e. The minimum absolute atomic E-state index is 0.152. The molecule has 8 heteroatoms. The summed E-state index contributed by atoms with van der Waals surface area (Å²) in [5, 5.41) is 2.95. The van der Waals surface area contributed by atoms with Gasteiger partial charge in [-0.25, -0.2) is 13.8 Å². The average Bonchev–Trinajstić information content (AvgIpc) is 3.17. The number of halogens is 2. The number of Topliss-reactive ketones (excluding diaryl/α,β-unsaturated/α-hetero) is 1. The highest BCUT2D eigenvalue weighted by atomic mass is 32.1. The second kappa shape index (κ2) is 6.56. The van der Waals surface area contributed by atoms with E-state index in [0.717, 1.165) is 17.0 Å². The predicted molar refractivity (Wildman–Crippen MR) is 91.0 cm³/mol. The van der Waals surface area contributed by atoms with Gasteiger partial charge < -0.3 is 4.98 Å². The zero-order valence-corrected chi connectivity index (χ0v) is 14.1. The number of H-pyrrole nitrogens is 1. The molecule has 0 fully saturated rings. The Bertz CT molecular complexity index is 978. The fraction of sp³-hybridized carbons (Fsp3) is 0.118. The van der Waals surface area contributed by atoms with E-state index in [1.807, 2.05) is 0 Å². The molecule has 0 spiro atoms. The average molecular weight is 361 g/mol. The lowest BCUT2D eigenvalue weighted by Crippen LogP contribution is -2.12. The Hall–Kier alpha value is -2.87. The Morgan fingerprint density at radius 2 is 1.96 bits per heavy atom. The summed E-state index contributed by atoms with van der Waals surface area (Å²) >= 11 is 1.22. The van der Waals surface area contributed by atoms with Gasteiger partial charge in [-0.15, -0.1) is 11.3 Å². The molecule has 0 aliphatic heterocycles. The van der Waals surface area contributed by atoms with Gasteiger partial charge in [0.05, 0.1) is 5.69 Å². The van der Waals surface area contributed by atoms with Crippen molar-refractivity contribution in [2.75, 3.05) is 5.32 Å². The van der Waals surface area contributed by atoms with E-state index in [1.165, 1.54) is 36.6 Å². The molecular weight excluding hydrogens is 348 g/mol. The molecule has 0 saturated heterocycles. The number of carbonyl (C=O) groups is 2. The Labute approximate surface area is 145 Å². The molecule has 3 aromatic rings. The van der Waals surface area contributed by atoms with Crippen molar-refractivity contribution in [3.63, 3.8) is 0 Å². The molecule has 5 nitrogen and oxygen atoms in total. The number of amides is 1. The predicted octanol–water partition coefficient (Wildman–Crippen LogP) is 4.18. The molecule has 0 atom stereocenters.